The van der Waals surface area contributed by atoms with Crippen LogP contribution in [0.15, 0.2) is 18.2 Å². The number of benzene rings is 1. The minimum absolute atomic E-state index is 0.376. The first kappa shape index (κ1) is 13.6. The monoisotopic (exact) mass is 282 g/mol. The van der Waals surface area contributed by atoms with E-state index in [0.717, 1.165) is 24.3 Å². The zero-order chi connectivity index (χ0) is 13.3. The van der Waals surface area contributed by atoms with Crippen molar-refractivity contribution in [2.45, 2.75) is 20.3 Å². The van der Waals surface area contributed by atoms with Gasteiger partial charge in [-0.15, -0.1) is 0 Å². The number of halogens is 1. The Bertz CT molecular complexity index is 451. The van der Waals surface area contributed by atoms with Gasteiger partial charge >= 0.3 is 0 Å². The van der Waals surface area contributed by atoms with Crippen LogP contribution in [0.1, 0.15) is 25.8 Å². The van der Waals surface area contributed by atoms with Crippen LogP contribution >= 0.6 is 23.8 Å². The van der Waals surface area contributed by atoms with Crippen LogP contribution in [0.25, 0.3) is 0 Å². The van der Waals surface area contributed by atoms with Gasteiger partial charge in [-0.05, 0) is 30.4 Å². The highest BCUT2D eigenvalue weighted by Gasteiger charge is 2.24. The summed E-state index contributed by atoms with van der Waals surface area (Å²) >= 11 is 11.4. The van der Waals surface area contributed by atoms with E-state index in [0.29, 0.717) is 21.8 Å². The Balaban J connectivity index is 2.38. The molecule has 0 amide bonds. The van der Waals surface area contributed by atoms with Gasteiger partial charge in [-0.2, -0.15) is 0 Å². The summed E-state index contributed by atoms with van der Waals surface area (Å²) in [4.78, 5) is 2.74. The summed E-state index contributed by atoms with van der Waals surface area (Å²) in [7, 11) is 0. The molecule has 2 atom stereocenters. The fourth-order valence-corrected chi connectivity index (χ4v) is 3.42. The van der Waals surface area contributed by atoms with Gasteiger partial charge in [0.1, 0.15) is 4.99 Å². The van der Waals surface area contributed by atoms with E-state index in [1.807, 2.05) is 12.1 Å². The fraction of sp³-hybridized carbons (Fsp3) is 0.500. The molecule has 1 aliphatic rings. The van der Waals surface area contributed by atoms with Gasteiger partial charge in [0, 0.05) is 18.8 Å². The summed E-state index contributed by atoms with van der Waals surface area (Å²) in [6.45, 7) is 6.65. The summed E-state index contributed by atoms with van der Waals surface area (Å²) < 4.78 is 0. The van der Waals surface area contributed by atoms with Crippen LogP contribution in [0.2, 0.25) is 5.02 Å². The van der Waals surface area contributed by atoms with Gasteiger partial charge in [-0.25, -0.2) is 0 Å². The van der Waals surface area contributed by atoms with Gasteiger partial charge in [-0.3, -0.25) is 0 Å². The molecule has 0 aliphatic carbocycles. The van der Waals surface area contributed by atoms with Crippen LogP contribution in [0, 0.1) is 11.8 Å². The molecule has 1 aromatic rings. The first-order valence-corrected chi connectivity index (χ1v) is 7.11. The maximum absolute atomic E-state index is 6.22. The highest BCUT2D eigenvalue weighted by atomic mass is 35.5. The normalized spacial score (nSPS) is 24.1. The fourth-order valence-electron chi connectivity index (χ4n) is 2.88. The second-order valence-corrected chi connectivity index (χ2v) is 6.20. The number of nitrogens with two attached hydrogens (primary N) is 1. The van der Waals surface area contributed by atoms with Crippen molar-refractivity contribution in [2.24, 2.45) is 17.6 Å². The minimum Gasteiger partial charge on any atom is -0.389 e. The van der Waals surface area contributed by atoms with Crippen LogP contribution in [0.5, 0.6) is 0 Å². The summed E-state index contributed by atoms with van der Waals surface area (Å²) in [6.07, 6.45) is 1.28. The number of anilines is 1. The number of rotatable bonds is 2. The van der Waals surface area contributed by atoms with E-state index in [1.54, 1.807) is 0 Å². The Morgan fingerprint density at radius 1 is 1.33 bits per heavy atom. The minimum atomic E-state index is 0.376. The number of thiocarbonyl (C=S) groups is 1. The molecule has 1 fully saturated rings. The summed E-state index contributed by atoms with van der Waals surface area (Å²) in [5.41, 5.74) is 7.70. The SMILES string of the molecule is CC1CC(C)CN(c2cccc(Cl)c2C(N)=S)C1. The third-order valence-corrected chi connectivity index (χ3v) is 3.97. The van der Waals surface area contributed by atoms with E-state index in [2.05, 4.69) is 24.8 Å². The highest BCUT2D eigenvalue weighted by Crippen LogP contribution is 2.32. The van der Waals surface area contributed by atoms with E-state index in [1.165, 1.54) is 6.42 Å². The molecule has 0 saturated carbocycles. The average Bonchev–Trinajstić information content (AvgIpc) is 2.26. The smallest absolute Gasteiger partial charge is 0.107 e. The Kier molecular flexibility index (Phi) is 4.13. The Labute approximate surface area is 119 Å². The molecule has 1 heterocycles. The van der Waals surface area contributed by atoms with Crippen molar-refractivity contribution in [3.05, 3.63) is 28.8 Å². The molecule has 0 spiro atoms. The summed E-state index contributed by atoms with van der Waals surface area (Å²) in [5.74, 6) is 1.37. The molecular formula is C14H19ClN2S. The lowest BCUT2D eigenvalue weighted by Gasteiger charge is -2.37. The molecule has 1 aromatic carbocycles. The van der Waals surface area contributed by atoms with Crippen molar-refractivity contribution >= 4 is 34.5 Å². The average molecular weight is 283 g/mol. The number of hydrogen-bond acceptors (Lipinski definition) is 2. The molecule has 18 heavy (non-hydrogen) atoms. The largest absolute Gasteiger partial charge is 0.389 e. The lowest BCUT2D eigenvalue weighted by atomic mass is 9.91. The van der Waals surface area contributed by atoms with Gasteiger partial charge in [-0.1, -0.05) is 43.7 Å². The van der Waals surface area contributed by atoms with E-state index >= 15 is 0 Å². The lowest BCUT2D eigenvalue weighted by Crippen LogP contribution is -2.39. The second kappa shape index (κ2) is 5.45. The molecule has 0 bridgehead atoms. The van der Waals surface area contributed by atoms with Gasteiger partial charge in [0.05, 0.1) is 10.6 Å². The molecule has 98 valence electrons. The van der Waals surface area contributed by atoms with E-state index in [9.17, 15) is 0 Å². The predicted molar refractivity (Wildman–Crippen MR) is 82.5 cm³/mol. The molecule has 1 aliphatic heterocycles. The molecular weight excluding hydrogens is 264 g/mol. The van der Waals surface area contributed by atoms with Crippen LogP contribution < -0.4 is 10.6 Å². The van der Waals surface area contributed by atoms with Crippen molar-refractivity contribution in [1.82, 2.24) is 0 Å². The van der Waals surface area contributed by atoms with Gasteiger partial charge in [0.25, 0.3) is 0 Å². The topological polar surface area (TPSA) is 29.3 Å². The lowest BCUT2D eigenvalue weighted by molar-refractivity contribution is 0.357. The quantitative estimate of drug-likeness (QED) is 0.843. The number of nitrogens with zero attached hydrogens (tertiary/aromatic N) is 1. The van der Waals surface area contributed by atoms with Crippen molar-refractivity contribution in [1.29, 1.82) is 0 Å². The molecule has 2 unspecified atom stereocenters. The molecule has 4 heteroatoms. The Morgan fingerprint density at radius 3 is 2.50 bits per heavy atom. The van der Waals surface area contributed by atoms with Gasteiger partial charge < -0.3 is 10.6 Å². The van der Waals surface area contributed by atoms with Gasteiger partial charge in [0.15, 0.2) is 0 Å². The Hall–Kier alpha value is -0.800. The van der Waals surface area contributed by atoms with Crippen LogP contribution in [-0.4, -0.2) is 18.1 Å². The Morgan fingerprint density at radius 2 is 1.94 bits per heavy atom. The third-order valence-electron chi connectivity index (χ3n) is 3.45. The number of hydrogen-bond donors (Lipinski definition) is 1. The van der Waals surface area contributed by atoms with Crippen molar-refractivity contribution < 1.29 is 0 Å². The standard InChI is InChI=1S/C14H19ClN2S/c1-9-6-10(2)8-17(7-9)12-5-3-4-11(15)13(12)14(16)18/h3-5,9-10H,6-8H2,1-2H3,(H2,16,18). The predicted octanol–water partition coefficient (Wildman–Crippen LogP) is 3.46. The molecule has 0 aromatic heterocycles. The molecule has 2 nitrogen and oxygen atoms in total. The van der Waals surface area contributed by atoms with E-state index in [-0.39, 0.29) is 0 Å². The van der Waals surface area contributed by atoms with E-state index in [4.69, 9.17) is 29.6 Å². The zero-order valence-corrected chi connectivity index (χ0v) is 12.4. The highest BCUT2D eigenvalue weighted by molar-refractivity contribution is 7.80. The molecule has 2 N–H and O–H groups in total. The summed E-state index contributed by atoms with van der Waals surface area (Å²) in [6, 6.07) is 5.87. The van der Waals surface area contributed by atoms with Crippen molar-refractivity contribution in [3.8, 4) is 0 Å². The second-order valence-electron chi connectivity index (χ2n) is 5.35. The van der Waals surface area contributed by atoms with Gasteiger partial charge in [0.2, 0.25) is 0 Å². The maximum atomic E-state index is 6.22. The van der Waals surface area contributed by atoms with Crippen LogP contribution in [0.4, 0.5) is 5.69 Å². The summed E-state index contributed by atoms with van der Waals surface area (Å²) in [5, 5.41) is 0.644. The van der Waals surface area contributed by atoms with E-state index < -0.39 is 0 Å². The zero-order valence-electron chi connectivity index (χ0n) is 10.8. The maximum Gasteiger partial charge on any atom is 0.107 e. The first-order chi connectivity index (χ1) is 8.49. The molecule has 2 rings (SSSR count). The van der Waals surface area contributed by atoms with Crippen molar-refractivity contribution in [3.63, 3.8) is 0 Å². The number of piperidine rings is 1. The van der Waals surface area contributed by atoms with Crippen molar-refractivity contribution in [2.75, 3.05) is 18.0 Å². The molecule has 1 saturated heterocycles. The van der Waals surface area contributed by atoms with Crippen LogP contribution in [0.3, 0.4) is 0 Å². The third kappa shape index (κ3) is 2.78. The first-order valence-electron chi connectivity index (χ1n) is 6.32. The van der Waals surface area contributed by atoms with Crippen LogP contribution in [-0.2, 0) is 0 Å². The molecule has 0 radical (unpaired) electrons.